The maximum Gasteiger partial charge on any atom is 0.305 e. The van der Waals surface area contributed by atoms with Crippen LogP contribution in [0.1, 0.15) is 58.8 Å². The molecule has 3 unspecified atom stereocenters. The zero-order valence-electron chi connectivity index (χ0n) is 17.1. The van der Waals surface area contributed by atoms with Gasteiger partial charge in [-0.1, -0.05) is 32.4 Å². The fourth-order valence-electron chi connectivity index (χ4n) is 3.91. The Bertz CT molecular complexity index is 602. The molecule has 156 valence electrons. The average molecular weight is 392 g/mol. The molecule has 0 saturated carbocycles. The summed E-state index contributed by atoms with van der Waals surface area (Å²) in [5, 5.41) is 2.87. The largest absolute Gasteiger partial charge is 0.469 e. The number of allylic oxidation sites excluding steroid dienone is 2. The maximum absolute atomic E-state index is 12.8. The zero-order chi connectivity index (χ0) is 20.7. The van der Waals surface area contributed by atoms with Gasteiger partial charge >= 0.3 is 5.97 Å². The van der Waals surface area contributed by atoms with Crippen molar-refractivity contribution in [2.75, 3.05) is 13.7 Å². The van der Waals surface area contributed by atoms with Crippen LogP contribution in [-0.2, 0) is 23.9 Å². The second-order valence-electron chi connectivity index (χ2n) is 8.03. The number of esters is 1. The normalized spacial score (nSPS) is 22.4. The van der Waals surface area contributed by atoms with Crippen molar-refractivity contribution < 1.29 is 23.9 Å². The third-order valence-electron chi connectivity index (χ3n) is 5.44. The molecule has 1 fully saturated rings. The van der Waals surface area contributed by atoms with E-state index in [-0.39, 0.29) is 41.4 Å². The molecule has 0 aromatic carbocycles. The minimum Gasteiger partial charge on any atom is -0.469 e. The smallest absolute Gasteiger partial charge is 0.305 e. The standard InChI is InChI=1S/C21H32N2O5/c1-14(2)13-17(19(25)22-12-8-4-5-11-18(24)28-3)23-20(26)15-9-6-7-10-16(15)21(23)27/h6-7,14-17H,4-5,8-13H2,1-3H3,(H,22,25). The highest BCUT2D eigenvalue weighted by molar-refractivity contribution is 6.08. The van der Waals surface area contributed by atoms with Gasteiger partial charge in [0, 0.05) is 13.0 Å². The third kappa shape index (κ3) is 5.42. The van der Waals surface area contributed by atoms with Gasteiger partial charge in [0.2, 0.25) is 17.7 Å². The molecule has 0 spiro atoms. The Balaban J connectivity index is 1.92. The van der Waals surface area contributed by atoms with Crippen LogP contribution in [0, 0.1) is 17.8 Å². The Morgan fingerprint density at radius 1 is 1.11 bits per heavy atom. The second-order valence-corrected chi connectivity index (χ2v) is 8.03. The quantitative estimate of drug-likeness (QED) is 0.266. The molecule has 1 aliphatic heterocycles. The summed E-state index contributed by atoms with van der Waals surface area (Å²) in [6, 6.07) is -0.749. The van der Waals surface area contributed by atoms with Gasteiger partial charge in [0.05, 0.1) is 18.9 Å². The fraction of sp³-hybridized carbons (Fsp3) is 0.714. The van der Waals surface area contributed by atoms with E-state index in [1.807, 2.05) is 26.0 Å². The maximum atomic E-state index is 12.8. The number of amides is 3. The number of unbranched alkanes of at least 4 members (excludes halogenated alkanes) is 2. The van der Waals surface area contributed by atoms with Gasteiger partial charge < -0.3 is 10.1 Å². The summed E-state index contributed by atoms with van der Waals surface area (Å²) in [6.07, 6.45) is 8.09. The number of hydrogen-bond donors (Lipinski definition) is 1. The SMILES string of the molecule is COC(=O)CCCCCNC(=O)C(CC(C)C)N1C(=O)C2CC=CCC2C1=O. The van der Waals surface area contributed by atoms with Crippen LogP contribution in [0.3, 0.4) is 0 Å². The van der Waals surface area contributed by atoms with E-state index in [0.717, 1.165) is 12.8 Å². The average Bonchev–Trinajstić information content (AvgIpc) is 2.93. The molecule has 0 radical (unpaired) electrons. The van der Waals surface area contributed by atoms with E-state index in [9.17, 15) is 19.2 Å². The minimum atomic E-state index is -0.749. The summed E-state index contributed by atoms with van der Waals surface area (Å²) in [7, 11) is 1.37. The number of hydrogen-bond acceptors (Lipinski definition) is 5. The molecule has 2 aliphatic rings. The van der Waals surface area contributed by atoms with Gasteiger partial charge in [-0.2, -0.15) is 0 Å². The van der Waals surface area contributed by atoms with Crippen molar-refractivity contribution in [3.63, 3.8) is 0 Å². The zero-order valence-corrected chi connectivity index (χ0v) is 17.1. The molecule has 0 aromatic rings. The Labute approximate surface area is 166 Å². The summed E-state index contributed by atoms with van der Waals surface area (Å²) >= 11 is 0. The molecule has 7 nitrogen and oxygen atoms in total. The van der Waals surface area contributed by atoms with Crippen LogP contribution < -0.4 is 5.32 Å². The number of likely N-dealkylation sites (tertiary alicyclic amines) is 1. The van der Waals surface area contributed by atoms with Crippen molar-refractivity contribution >= 4 is 23.7 Å². The summed E-state index contributed by atoms with van der Waals surface area (Å²) < 4.78 is 4.60. The molecule has 3 atom stereocenters. The van der Waals surface area contributed by atoms with Crippen LogP contribution in [0.25, 0.3) is 0 Å². The first-order chi connectivity index (χ1) is 13.4. The summed E-state index contributed by atoms with van der Waals surface area (Å²) in [5.74, 6) is -1.39. The number of carbonyl (C=O) groups is 4. The summed E-state index contributed by atoms with van der Waals surface area (Å²) in [6.45, 7) is 4.42. The van der Waals surface area contributed by atoms with Gasteiger partial charge in [0.25, 0.3) is 0 Å². The van der Waals surface area contributed by atoms with E-state index in [1.165, 1.54) is 12.0 Å². The number of nitrogens with zero attached hydrogens (tertiary/aromatic N) is 1. The Morgan fingerprint density at radius 2 is 1.71 bits per heavy atom. The first-order valence-electron chi connectivity index (χ1n) is 10.2. The van der Waals surface area contributed by atoms with Crippen LogP contribution in [0.15, 0.2) is 12.2 Å². The van der Waals surface area contributed by atoms with Gasteiger partial charge in [0.15, 0.2) is 0 Å². The van der Waals surface area contributed by atoms with E-state index in [4.69, 9.17) is 0 Å². The van der Waals surface area contributed by atoms with Crippen molar-refractivity contribution in [3.05, 3.63) is 12.2 Å². The van der Waals surface area contributed by atoms with E-state index in [2.05, 4.69) is 10.1 Å². The first-order valence-corrected chi connectivity index (χ1v) is 10.2. The van der Waals surface area contributed by atoms with Gasteiger partial charge in [-0.15, -0.1) is 0 Å². The molecule has 1 aliphatic carbocycles. The molecule has 1 saturated heterocycles. The molecule has 1 heterocycles. The number of rotatable bonds is 10. The second kappa shape index (κ2) is 10.4. The lowest BCUT2D eigenvalue weighted by Gasteiger charge is -2.27. The number of methoxy groups -OCH3 is 1. The highest BCUT2D eigenvalue weighted by Crippen LogP contribution is 2.37. The van der Waals surface area contributed by atoms with Gasteiger partial charge in [-0.25, -0.2) is 0 Å². The lowest BCUT2D eigenvalue weighted by atomic mass is 9.85. The Morgan fingerprint density at radius 3 is 2.25 bits per heavy atom. The Hall–Kier alpha value is -2.18. The van der Waals surface area contributed by atoms with E-state index >= 15 is 0 Å². The number of nitrogens with one attached hydrogen (secondary N) is 1. The number of carbonyl (C=O) groups excluding carboxylic acids is 4. The topological polar surface area (TPSA) is 92.8 Å². The highest BCUT2D eigenvalue weighted by atomic mass is 16.5. The van der Waals surface area contributed by atoms with E-state index < -0.39 is 6.04 Å². The predicted octanol–water partition coefficient (Wildman–Crippen LogP) is 2.20. The van der Waals surface area contributed by atoms with E-state index in [1.54, 1.807) is 0 Å². The molecule has 3 amide bonds. The van der Waals surface area contributed by atoms with Crippen molar-refractivity contribution in [3.8, 4) is 0 Å². The van der Waals surface area contributed by atoms with Crippen LogP contribution >= 0.6 is 0 Å². The third-order valence-corrected chi connectivity index (χ3v) is 5.44. The molecule has 2 rings (SSSR count). The fourth-order valence-corrected chi connectivity index (χ4v) is 3.91. The van der Waals surface area contributed by atoms with E-state index in [0.29, 0.717) is 38.6 Å². The monoisotopic (exact) mass is 392 g/mol. The van der Waals surface area contributed by atoms with Crippen molar-refractivity contribution in [2.45, 2.75) is 64.8 Å². The van der Waals surface area contributed by atoms with Crippen LogP contribution in [0.2, 0.25) is 0 Å². The first kappa shape index (κ1) is 22.1. The minimum absolute atomic E-state index is 0.178. The van der Waals surface area contributed by atoms with Crippen LogP contribution in [0.5, 0.6) is 0 Å². The van der Waals surface area contributed by atoms with Gasteiger partial charge in [0.1, 0.15) is 6.04 Å². The lowest BCUT2D eigenvalue weighted by molar-refractivity contribution is -0.148. The molecule has 0 aromatic heterocycles. The molecule has 7 heteroatoms. The van der Waals surface area contributed by atoms with Crippen LogP contribution in [0.4, 0.5) is 0 Å². The van der Waals surface area contributed by atoms with Crippen LogP contribution in [-0.4, -0.2) is 48.3 Å². The molecule has 0 bridgehead atoms. The predicted molar refractivity (Wildman–Crippen MR) is 104 cm³/mol. The number of imide groups is 1. The van der Waals surface area contributed by atoms with Gasteiger partial charge in [-0.05, 0) is 38.0 Å². The van der Waals surface area contributed by atoms with Crippen molar-refractivity contribution in [1.82, 2.24) is 10.2 Å². The lowest BCUT2D eigenvalue weighted by Crippen LogP contribution is -2.50. The molecule has 1 N–H and O–H groups in total. The molecule has 28 heavy (non-hydrogen) atoms. The highest BCUT2D eigenvalue weighted by Gasteiger charge is 2.51. The number of fused-ring (bicyclic) bond motifs is 1. The summed E-state index contributed by atoms with van der Waals surface area (Å²) in [5.41, 5.74) is 0. The summed E-state index contributed by atoms with van der Waals surface area (Å²) in [4.78, 5) is 50.8. The Kier molecular flexibility index (Phi) is 8.20. The number of ether oxygens (including phenoxy) is 1. The molecular formula is C21H32N2O5. The van der Waals surface area contributed by atoms with Crippen molar-refractivity contribution in [2.24, 2.45) is 17.8 Å². The van der Waals surface area contributed by atoms with Crippen molar-refractivity contribution in [1.29, 1.82) is 0 Å². The van der Waals surface area contributed by atoms with Gasteiger partial charge in [-0.3, -0.25) is 24.1 Å². The molecular weight excluding hydrogens is 360 g/mol.